The molecule has 2 atom stereocenters. The Hall–Kier alpha value is -0.120. The Morgan fingerprint density at radius 2 is 2.18 bits per heavy atom. The lowest BCUT2D eigenvalue weighted by molar-refractivity contribution is -0.114. The quantitative estimate of drug-likeness (QED) is 0.743. The van der Waals surface area contributed by atoms with Crippen LogP contribution in [0.4, 0.5) is 0 Å². The molecule has 2 unspecified atom stereocenters. The number of nitrogens with zero attached hydrogens (tertiary/aromatic N) is 1. The van der Waals surface area contributed by atoms with Crippen molar-refractivity contribution in [3.05, 3.63) is 0 Å². The Bertz CT molecular complexity index is 242. The van der Waals surface area contributed by atoms with Crippen LogP contribution in [0.2, 0.25) is 0 Å². The van der Waals surface area contributed by atoms with Crippen LogP contribution in [0.5, 0.6) is 0 Å². The maximum atomic E-state index is 5.79. The largest absolute Gasteiger partial charge is 0.373 e. The van der Waals surface area contributed by atoms with E-state index in [0.717, 1.165) is 38.2 Å². The first-order chi connectivity index (χ1) is 8.12. The predicted octanol–water partition coefficient (Wildman–Crippen LogP) is 1.88. The normalized spacial score (nSPS) is 33.4. The molecular formula is C14H28N2O. The Kier molecular flexibility index (Phi) is 4.45. The summed E-state index contributed by atoms with van der Waals surface area (Å²) in [6, 6.07) is 0.808. The fourth-order valence-corrected chi connectivity index (χ4v) is 3.07. The predicted molar refractivity (Wildman–Crippen MR) is 71.3 cm³/mol. The van der Waals surface area contributed by atoms with Crippen molar-refractivity contribution in [3.8, 4) is 0 Å². The van der Waals surface area contributed by atoms with Crippen molar-refractivity contribution in [1.82, 2.24) is 10.2 Å². The molecule has 3 nitrogen and oxygen atoms in total. The minimum Gasteiger partial charge on any atom is -0.373 e. The van der Waals surface area contributed by atoms with Gasteiger partial charge in [0.2, 0.25) is 0 Å². The van der Waals surface area contributed by atoms with Crippen molar-refractivity contribution in [2.24, 2.45) is 5.92 Å². The second-order valence-corrected chi connectivity index (χ2v) is 6.19. The second kappa shape index (κ2) is 5.68. The molecule has 1 saturated carbocycles. The van der Waals surface area contributed by atoms with Gasteiger partial charge >= 0.3 is 0 Å². The molecule has 2 aliphatic rings. The molecule has 0 radical (unpaired) electrons. The summed E-state index contributed by atoms with van der Waals surface area (Å²) in [4.78, 5) is 2.66. The molecule has 3 heteroatoms. The lowest BCUT2D eigenvalue weighted by atomic mass is 9.77. The molecule has 17 heavy (non-hydrogen) atoms. The standard InChI is InChI=1S/C14H28N2O/c1-4-7-15-10-12-5-6-13(12)16-8-9-17-14(2,3)11-16/h12-13,15H,4-11H2,1-3H3. The van der Waals surface area contributed by atoms with Crippen LogP contribution in [0, 0.1) is 5.92 Å². The highest BCUT2D eigenvalue weighted by Gasteiger charge is 2.39. The van der Waals surface area contributed by atoms with Gasteiger partial charge in [-0.3, -0.25) is 4.90 Å². The Labute approximate surface area is 106 Å². The molecule has 1 aliphatic carbocycles. The Balaban J connectivity index is 1.77. The average molecular weight is 240 g/mol. The van der Waals surface area contributed by atoms with E-state index >= 15 is 0 Å². The van der Waals surface area contributed by atoms with E-state index in [2.05, 4.69) is 31.0 Å². The van der Waals surface area contributed by atoms with Crippen LogP contribution in [0.1, 0.15) is 40.0 Å². The summed E-state index contributed by atoms with van der Waals surface area (Å²) in [5, 5.41) is 3.57. The molecule has 1 heterocycles. The van der Waals surface area contributed by atoms with Gasteiger partial charge in [-0.05, 0) is 52.1 Å². The van der Waals surface area contributed by atoms with Crippen LogP contribution in [-0.4, -0.2) is 49.3 Å². The highest BCUT2D eigenvalue weighted by Crippen LogP contribution is 2.34. The molecule has 1 N–H and O–H groups in total. The lowest BCUT2D eigenvalue weighted by Crippen LogP contribution is -2.58. The van der Waals surface area contributed by atoms with Gasteiger partial charge < -0.3 is 10.1 Å². The van der Waals surface area contributed by atoms with E-state index in [4.69, 9.17) is 4.74 Å². The van der Waals surface area contributed by atoms with Gasteiger partial charge in [0.05, 0.1) is 12.2 Å². The Morgan fingerprint density at radius 3 is 2.76 bits per heavy atom. The fourth-order valence-electron chi connectivity index (χ4n) is 3.07. The number of ether oxygens (including phenoxy) is 1. The molecule has 1 saturated heterocycles. The van der Waals surface area contributed by atoms with Gasteiger partial charge in [0, 0.05) is 19.1 Å². The molecule has 0 bridgehead atoms. The van der Waals surface area contributed by atoms with Gasteiger partial charge in [-0.1, -0.05) is 6.92 Å². The maximum absolute atomic E-state index is 5.79. The summed E-state index contributed by atoms with van der Waals surface area (Å²) in [5.74, 6) is 0.871. The van der Waals surface area contributed by atoms with Crippen LogP contribution in [0.25, 0.3) is 0 Å². The van der Waals surface area contributed by atoms with E-state index in [0.29, 0.717) is 0 Å². The molecule has 2 fully saturated rings. The van der Waals surface area contributed by atoms with Gasteiger partial charge in [-0.2, -0.15) is 0 Å². The first kappa shape index (κ1) is 13.3. The van der Waals surface area contributed by atoms with E-state index < -0.39 is 0 Å². The van der Waals surface area contributed by atoms with Crippen molar-refractivity contribution in [2.75, 3.05) is 32.8 Å². The molecule has 0 aromatic heterocycles. The molecule has 0 amide bonds. The van der Waals surface area contributed by atoms with Crippen LogP contribution in [-0.2, 0) is 4.74 Å². The zero-order valence-corrected chi connectivity index (χ0v) is 11.7. The minimum atomic E-state index is 0.0508. The lowest BCUT2D eigenvalue weighted by Gasteiger charge is -2.49. The summed E-state index contributed by atoms with van der Waals surface area (Å²) in [5.41, 5.74) is 0.0508. The maximum Gasteiger partial charge on any atom is 0.0753 e. The van der Waals surface area contributed by atoms with Gasteiger partial charge in [0.25, 0.3) is 0 Å². The summed E-state index contributed by atoms with van der Waals surface area (Å²) in [6.45, 7) is 12.1. The summed E-state index contributed by atoms with van der Waals surface area (Å²) in [7, 11) is 0. The number of morpholine rings is 1. The third-order valence-corrected chi connectivity index (χ3v) is 4.13. The molecular weight excluding hydrogens is 212 g/mol. The van der Waals surface area contributed by atoms with Gasteiger partial charge in [-0.15, -0.1) is 0 Å². The Morgan fingerprint density at radius 1 is 1.35 bits per heavy atom. The zero-order valence-electron chi connectivity index (χ0n) is 11.7. The number of hydrogen-bond donors (Lipinski definition) is 1. The van der Waals surface area contributed by atoms with Gasteiger partial charge in [0.1, 0.15) is 0 Å². The molecule has 0 spiro atoms. The van der Waals surface area contributed by atoms with Gasteiger partial charge in [-0.25, -0.2) is 0 Å². The van der Waals surface area contributed by atoms with E-state index in [1.54, 1.807) is 0 Å². The second-order valence-electron chi connectivity index (χ2n) is 6.19. The third-order valence-electron chi connectivity index (χ3n) is 4.13. The zero-order chi connectivity index (χ0) is 12.3. The van der Waals surface area contributed by atoms with Crippen molar-refractivity contribution in [2.45, 2.75) is 51.7 Å². The van der Waals surface area contributed by atoms with Gasteiger partial charge in [0.15, 0.2) is 0 Å². The van der Waals surface area contributed by atoms with Crippen LogP contribution < -0.4 is 5.32 Å². The molecule has 2 rings (SSSR count). The summed E-state index contributed by atoms with van der Waals surface area (Å²) in [6.07, 6.45) is 4.02. The number of nitrogens with one attached hydrogen (secondary N) is 1. The van der Waals surface area contributed by atoms with Crippen molar-refractivity contribution in [3.63, 3.8) is 0 Å². The molecule has 1 aliphatic heterocycles. The molecule has 0 aromatic carbocycles. The SMILES string of the molecule is CCCNCC1CCC1N1CCOC(C)(C)C1. The molecule has 0 aromatic rings. The third kappa shape index (κ3) is 3.43. The van der Waals surface area contributed by atoms with E-state index in [-0.39, 0.29) is 5.60 Å². The first-order valence-electron chi connectivity index (χ1n) is 7.21. The monoisotopic (exact) mass is 240 g/mol. The van der Waals surface area contributed by atoms with E-state index in [9.17, 15) is 0 Å². The first-order valence-corrected chi connectivity index (χ1v) is 7.21. The van der Waals surface area contributed by atoms with E-state index in [1.165, 1.54) is 25.8 Å². The van der Waals surface area contributed by atoms with Crippen molar-refractivity contribution >= 4 is 0 Å². The smallest absolute Gasteiger partial charge is 0.0753 e. The molecule has 100 valence electrons. The van der Waals surface area contributed by atoms with Crippen molar-refractivity contribution < 1.29 is 4.74 Å². The highest BCUT2D eigenvalue weighted by atomic mass is 16.5. The van der Waals surface area contributed by atoms with Crippen molar-refractivity contribution in [1.29, 1.82) is 0 Å². The van der Waals surface area contributed by atoms with E-state index in [1.807, 2.05) is 0 Å². The number of rotatable bonds is 5. The highest BCUT2D eigenvalue weighted by molar-refractivity contribution is 4.93. The summed E-state index contributed by atoms with van der Waals surface area (Å²) < 4.78 is 5.79. The summed E-state index contributed by atoms with van der Waals surface area (Å²) >= 11 is 0. The van der Waals surface area contributed by atoms with Crippen LogP contribution >= 0.6 is 0 Å². The van der Waals surface area contributed by atoms with Crippen LogP contribution in [0.15, 0.2) is 0 Å². The fraction of sp³-hybridized carbons (Fsp3) is 1.00. The average Bonchev–Trinajstić information content (AvgIpc) is 2.21. The number of hydrogen-bond acceptors (Lipinski definition) is 3. The minimum absolute atomic E-state index is 0.0508. The van der Waals surface area contributed by atoms with Crippen LogP contribution in [0.3, 0.4) is 0 Å². The topological polar surface area (TPSA) is 24.5 Å².